The molecule has 0 heterocycles. The number of hydrogen-bond donors (Lipinski definition) is 2. The van der Waals surface area contributed by atoms with E-state index in [0.29, 0.717) is 12.1 Å². The number of ether oxygens (including phenoxy) is 1. The Balaban J connectivity index is 3.07. The Labute approximate surface area is 107 Å². The van der Waals surface area contributed by atoms with E-state index in [0.717, 1.165) is 12.1 Å². The van der Waals surface area contributed by atoms with Crippen molar-refractivity contribution in [3.05, 3.63) is 35.4 Å². The topological polar surface area (TPSA) is 58.6 Å². The minimum Gasteiger partial charge on any atom is -0.478 e. The number of carbonyl (C=O) groups is 1. The highest BCUT2D eigenvalue weighted by Gasteiger charge is 2.33. The first kappa shape index (κ1) is 15.0. The van der Waals surface area contributed by atoms with Crippen molar-refractivity contribution < 1.29 is 27.8 Å². The predicted octanol–water partition coefficient (Wildman–Crippen LogP) is 2.52. The van der Waals surface area contributed by atoms with Gasteiger partial charge in [0.15, 0.2) is 0 Å². The van der Waals surface area contributed by atoms with Crippen LogP contribution in [-0.2, 0) is 0 Å². The number of hydrogen-bond acceptors (Lipinski definition) is 3. The van der Waals surface area contributed by atoms with E-state index in [1.54, 1.807) is 19.2 Å². The van der Waals surface area contributed by atoms with E-state index in [9.17, 15) is 18.0 Å². The van der Waals surface area contributed by atoms with Crippen LogP contribution >= 0.6 is 0 Å². The molecule has 0 saturated carbocycles. The van der Waals surface area contributed by atoms with Gasteiger partial charge in [0, 0.05) is 6.54 Å². The quantitative estimate of drug-likeness (QED) is 0.867. The average molecular weight is 275 g/mol. The molecule has 0 bridgehead atoms. The van der Waals surface area contributed by atoms with E-state index in [1.165, 1.54) is 6.07 Å². The molecule has 0 aliphatic heterocycles. The molecule has 0 atom stereocenters. The molecule has 104 valence electrons. The van der Waals surface area contributed by atoms with Crippen molar-refractivity contribution in [2.24, 2.45) is 0 Å². The summed E-state index contributed by atoms with van der Waals surface area (Å²) in [7, 11) is 1.72. The number of benzene rings is 1. The summed E-state index contributed by atoms with van der Waals surface area (Å²) in [5, 5.41) is 11.6. The third kappa shape index (κ3) is 5.01. The molecule has 0 fully saturated rings. The van der Waals surface area contributed by atoms with Crippen molar-refractivity contribution in [2.45, 2.75) is 6.36 Å². The Kier molecular flexibility index (Phi) is 4.94. The highest BCUT2D eigenvalue weighted by molar-refractivity contribution is 5.91. The van der Waals surface area contributed by atoms with Crippen LogP contribution in [-0.4, -0.2) is 31.0 Å². The van der Waals surface area contributed by atoms with Crippen LogP contribution in [0.1, 0.15) is 15.9 Å². The summed E-state index contributed by atoms with van der Waals surface area (Å²) >= 11 is 0. The van der Waals surface area contributed by atoms with E-state index in [1.807, 2.05) is 0 Å². The van der Waals surface area contributed by atoms with Gasteiger partial charge in [-0.05, 0) is 24.7 Å². The van der Waals surface area contributed by atoms with Gasteiger partial charge in [0.05, 0.1) is 0 Å². The minimum absolute atomic E-state index is 0.416. The van der Waals surface area contributed by atoms with Gasteiger partial charge in [-0.25, -0.2) is 4.79 Å². The highest BCUT2D eigenvalue weighted by Crippen LogP contribution is 2.28. The van der Waals surface area contributed by atoms with Gasteiger partial charge in [-0.1, -0.05) is 18.2 Å². The summed E-state index contributed by atoms with van der Waals surface area (Å²) in [6, 6.07) is 3.50. The molecule has 19 heavy (non-hydrogen) atoms. The molecule has 4 nitrogen and oxygen atoms in total. The van der Waals surface area contributed by atoms with Gasteiger partial charge in [0.25, 0.3) is 0 Å². The molecule has 1 rings (SSSR count). The number of halogens is 3. The summed E-state index contributed by atoms with van der Waals surface area (Å²) in [6.45, 7) is 0.538. The molecular weight excluding hydrogens is 263 g/mol. The summed E-state index contributed by atoms with van der Waals surface area (Å²) in [5.74, 6) is -2.21. The zero-order valence-corrected chi connectivity index (χ0v) is 9.99. The Hall–Kier alpha value is -2.02. The molecule has 0 aliphatic rings. The third-order valence-electron chi connectivity index (χ3n) is 2.09. The van der Waals surface area contributed by atoms with Gasteiger partial charge in [-0.2, -0.15) is 0 Å². The largest absolute Gasteiger partial charge is 0.573 e. The molecule has 1 aromatic carbocycles. The first-order chi connectivity index (χ1) is 8.83. The molecule has 0 amide bonds. The molecule has 0 aromatic heterocycles. The van der Waals surface area contributed by atoms with Crippen LogP contribution in [0.3, 0.4) is 0 Å². The van der Waals surface area contributed by atoms with Crippen LogP contribution in [0, 0.1) is 0 Å². The van der Waals surface area contributed by atoms with Crippen molar-refractivity contribution in [1.29, 1.82) is 0 Å². The van der Waals surface area contributed by atoms with Gasteiger partial charge in [0.2, 0.25) is 0 Å². The number of alkyl halides is 3. The molecule has 0 radical (unpaired) electrons. The number of nitrogens with one attached hydrogen (secondary N) is 1. The van der Waals surface area contributed by atoms with Crippen molar-refractivity contribution in [3.63, 3.8) is 0 Å². The number of carboxylic acids is 1. The van der Waals surface area contributed by atoms with Crippen molar-refractivity contribution >= 4 is 12.0 Å². The number of carboxylic acid groups (broad SMARTS) is 1. The lowest BCUT2D eigenvalue weighted by Gasteiger charge is -2.11. The molecule has 0 spiro atoms. The van der Waals surface area contributed by atoms with Crippen LogP contribution < -0.4 is 10.1 Å². The molecule has 0 saturated heterocycles. The minimum atomic E-state index is -4.93. The summed E-state index contributed by atoms with van der Waals surface area (Å²) in [4.78, 5) is 10.8. The molecule has 0 aliphatic carbocycles. The first-order valence-electron chi connectivity index (χ1n) is 5.27. The number of rotatable bonds is 5. The van der Waals surface area contributed by atoms with Gasteiger partial charge in [-0.15, -0.1) is 13.2 Å². The van der Waals surface area contributed by atoms with Crippen LogP contribution in [0.4, 0.5) is 13.2 Å². The Bertz CT molecular complexity index is 484. The van der Waals surface area contributed by atoms with Crippen LogP contribution in [0.5, 0.6) is 5.75 Å². The molecule has 2 N–H and O–H groups in total. The van der Waals surface area contributed by atoms with Crippen LogP contribution in [0.15, 0.2) is 24.3 Å². The molecule has 7 heteroatoms. The standard InChI is InChI=1S/C12H12F3NO3/c1-16-6-2-3-8-4-5-9(11(17)18)10(7-8)19-12(13,14)15/h2-5,7,16H,6H2,1H3,(H,17,18). The van der Waals surface area contributed by atoms with Crippen LogP contribution in [0.2, 0.25) is 0 Å². The zero-order chi connectivity index (χ0) is 14.5. The summed E-state index contributed by atoms with van der Waals surface area (Å²) < 4.78 is 40.3. The zero-order valence-electron chi connectivity index (χ0n) is 9.99. The normalized spacial score (nSPS) is 11.8. The van der Waals surface area contributed by atoms with E-state index in [4.69, 9.17) is 5.11 Å². The van der Waals surface area contributed by atoms with Gasteiger partial charge in [-0.3, -0.25) is 0 Å². The first-order valence-corrected chi connectivity index (χ1v) is 5.27. The van der Waals surface area contributed by atoms with Crippen molar-refractivity contribution in [1.82, 2.24) is 5.32 Å². The second kappa shape index (κ2) is 6.24. The molecule has 1 aromatic rings. The smallest absolute Gasteiger partial charge is 0.478 e. The van der Waals surface area contributed by atoms with Crippen molar-refractivity contribution in [3.8, 4) is 5.75 Å². The van der Waals surface area contributed by atoms with Gasteiger partial charge in [0.1, 0.15) is 11.3 Å². The summed E-state index contributed by atoms with van der Waals surface area (Å²) in [5.41, 5.74) is -0.123. The highest BCUT2D eigenvalue weighted by atomic mass is 19.4. The lowest BCUT2D eigenvalue weighted by Crippen LogP contribution is -2.19. The number of likely N-dealkylation sites (N-methyl/N-ethyl adjacent to an activating group) is 1. The fraction of sp³-hybridized carbons (Fsp3) is 0.250. The lowest BCUT2D eigenvalue weighted by atomic mass is 10.1. The fourth-order valence-corrected chi connectivity index (χ4v) is 1.34. The Morgan fingerprint density at radius 3 is 2.68 bits per heavy atom. The third-order valence-corrected chi connectivity index (χ3v) is 2.09. The van der Waals surface area contributed by atoms with E-state index < -0.39 is 23.6 Å². The van der Waals surface area contributed by atoms with Gasteiger partial charge < -0.3 is 15.2 Å². The summed E-state index contributed by atoms with van der Waals surface area (Å²) in [6.07, 6.45) is -1.68. The van der Waals surface area contributed by atoms with E-state index >= 15 is 0 Å². The average Bonchev–Trinajstić information content (AvgIpc) is 2.27. The molecular formula is C12H12F3NO3. The van der Waals surface area contributed by atoms with Crippen LogP contribution in [0.25, 0.3) is 6.08 Å². The number of aromatic carboxylic acids is 1. The van der Waals surface area contributed by atoms with Gasteiger partial charge >= 0.3 is 12.3 Å². The van der Waals surface area contributed by atoms with E-state index in [-0.39, 0.29) is 0 Å². The maximum Gasteiger partial charge on any atom is 0.573 e. The second-order valence-corrected chi connectivity index (χ2v) is 3.57. The fourth-order valence-electron chi connectivity index (χ4n) is 1.34. The monoisotopic (exact) mass is 275 g/mol. The Morgan fingerprint density at radius 1 is 1.47 bits per heavy atom. The maximum atomic E-state index is 12.2. The predicted molar refractivity (Wildman–Crippen MR) is 63.0 cm³/mol. The SMILES string of the molecule is CNCC=Cc1ccc(C(=O)O)c(OC(F)(F)F)c1. The lowest BCUT2D eigenvalue weighted by molar-refractivity contribution is -0.274. The van der Waals surface area contributed by atoms with Crippen molar-refractivity contribution in [2.75, 3.05) is 13.6 Å². The Morgan fingerprint density at radius 2 is 2.16 bits per heavy atom. The van der Waals surface area contributed by atoms with E-state index in [2.05, 4.69) is 10.1 Å². The molecule has 0 unspecified atom stereocenters. The second-order valence-electron chi connectivity index (χ2n) is 3.57. The maximum absolute atomic E-state index is 12.2.